The van der Waals surface area contributed by atoms with Crippen LogP contribution in [0.3, 0.4) is 0 Å². The molecule has 2 unspecified atom stereocenters. The third-order valence-corrected chi connectivity index (χ3v) is 6.40. The van der Waals surface area contributed by atoms with Crippen LogP contribution in [0, 0.1) is 11.7 Å². The van der Waals surface area contributed by atoms with Crippen LogP contribution < -0.4 is 14.8 Å². The first-order valence-corrected chi connectivity index (χ1v) is 11.6. The van der Waals surface area contributed by atoms with Crippen LogP contribution >= 0.6 is 0 Å². The quantitative estimate of drug-likeness (QED) is 0.524. The van der Waals surface area contributed by atoms with Gasteiger partial charge in [0.1, 0.15) is 17.3 Å². The van der Waals surface area contributed by atoms with Crippen molar-refractivity contribution in [1.82, 2.24) is 10.2 Å². The summed E-state index contributed by atoms with van der Waals surface area (Å²) in [7, 11) is 3.28. The van der Waals surface area contributed by atoms with Gasteiger partial charge in [-0.15, -0.1) is 0 Å². The zero-order valence-electron chi connectivity index (χ0n) is 19.7. The number of likely N-dealkylation sites (tertiary alicyclic amines) is 1. The Labute approximate surface area is 200 Å². The van der Waals surface area contributed by atoms with Gasteiger partial charge in [-0.2, -0.15) is 0 Å². The molecule has 2 atom stereocenters. The van der Waals surface area contributed by atoms with Gasteiger partial charge >= 0.3 is 0 Å². The summed E-state index contributed by atoms with van der Waals surface area (Å²) in [6.45, 7) is 2.34. The molecule has 5 nitrogen and oxygen atoms in total. The molecule has 34 heavy (non-hydrogen) atoms. The van der Waals surface area contributed by atoms with Crippen LogP contribution in [-0.2, 0) is 17.9 Å². The van der Waals surface area contributed by atoms with Crippen molar-refractivity contribution in [2.24, 2.45) is 5.92 Å². The predicted molar refractivity (Wildman–Crippen MR) is 130 cm³/mol. The molecule has 3 aromatic rings. The first kappa shape index (κ1) is 23.8. The second-order valence-corrected chi connectivity index (χ2v) is 8.76. The molecular weight excluding hydrogens is 431 g/mol. The normalized spacial score (nSPS) is 18.3. The molecule has 0 aliphatic carbocycles. The molecule has 1 fully saturated rings. The van der Waals surface area contributed by atoms with Crippen LogP contribution in [-0.4, -0.2) is 38.1 Å². The lowest BCUT2D eigenvalue weighted by Gasteiger charge is -2.37. The molecule has 4 rings (SSSR count). The van der Waals surface area contributed by atoms with E-state index in [1.807, 2.05) is 36.4 Å². The summed E-state index contributed by atoms with van der Waals surface area (Å²) in [6, 6.07) is 22.7. The number of carbonyl (C=O) groups is 1. The number of nitrogens with one attached hydrogen (secondary N) is 1. The monoisotopic (exact) mass is 462 g/mol. The van der Waals surface area contributed by atoms with Gasteiger partial charge in [-0.25, -0.2) is 4.39 Å². The van der Waals surface area contributed by atoms with E-state index in [9.17, 15) is 9.18 Å². The molecule has 1 amide bonds. The van der Waals surface area contributed by atoms with Gasteiger partial charge in [0.05, 0.1) is 20.1 Å². The molecule has 178 valence electrons. The average Bonchev–Trinajstić information content (AvgIpc) is 2.88. The van der Waals surface area contributed by atoms with Gasteiger partial charge in [-0.3, -0.25) is 9.69 Å². The molecule has 1 N–H and O–H groups in total. The van der Waals surface area contributed by atoms with Crippen LogP contribution in [0.2, 0.25) is 0 Å². The van der Waals surface area contributed by atoms with E-state index in [-0.39, 0.29) is 30.1 Å². The summed E-state index contributed by atoms with van der Waals surface area (Å²) in [5, 5.41) is 2.96. The Morgan fingerprint density at radius 1 is 0.971 bits per heavy atom. The SMILES string of the molecule is COc1cc(CN2CC(C(=O)NCc3ccccc3F)CC(c3ccccc3)C2)cc(OC)c1. The minimum atomic E-state index is -0.304. The van der Waals surface area contributed by atoms with Gasteiger partial charge in [0.15, 0.2) is 0 Å². The van der Waals surface area contributed by atoms with E-state index in [4.69, 9.17) is 9.47 Å². The Balaban J connectivity index is 1.51. The molecular formula is C28H31FN2O3. The maximum absolute atomic E-state index is 14.0. The van der Waals surface area contributed by atoms with Gasteiger partial charge in [-0.05, 0) is 41.7 Å². The van der Waals surface area contributed by atoms with Crippen LogP contribution in [0.25, 0.3) is 0 Å². The van der Waals surface area contributed by atoms with Crippen LogP contribution in [0.4, 0.5) is 4.39 Å². The number of carbonyl (C=O) groups excluding carboxylic acids is 1. The molecule has 0 bridgehead atoms. The second-order valence-electron chi connectivity index (χ2n) is 8.76. The van der Waals surface area contributed by atoms with Crippen molar-refractivity contribution in [3.63, 3.8) is 0 Å². The van der Waals surface area contributed by atoms with E-state index in [0.717, 1.165) is 30.0 Å². The van der Waals surface area contributed by atoms with E-state index < -0.39 is 0 Å². The summed E-state index contributed by atoms with van der Waals surface area (Å²) >= 11 is 0. The third kappa shape index (κ3) is 5.94. The van der Waals surface area contributed by atoms with Gasteiger partial charge < -0.3 is 14.8 Å². The number of nitrogens with zero attached hydrogens (tertiary/aromatic N) is 1. The van der Waals surface area contributed by atoms with E-state index in [0.29, 0.717) is 18.7 Å². The van der Waals surface area contributed by atoms with Crippen molar-refractivity contribution in [3.8, 4) is 11.5 Å². The molecule has 1 aliphatic rings. The molecule has 1 saturated heterocycles. The predicted octanol–water partition coefficient (Wildman–Crippen LogP) is 4.77. The molecule has 1 aliphatic heterocycles. The summed E-state index contributed by atoms with van der Waals surface area (Å²) < 4.78 is 24.9. The van der Waals surface area contributed by atoms with Crippen molar-refractivity contribution in [1.29, 1.82) is 0 Å². The Kier molecular flexibility index (Phi) is 7.80. The van der Waals surface area contributed by atoms with Crippen molar-refractivity contribution in [2.75, 3.05) is 27.3 Å². The number of hydrogen-bond donors (Lipinski definition) is 1. The number of hydrogen-bond acceptors (Lipinski definition) is 4. The van der Waals surface area contributed by atoms with E-state index in [1.54, 1.807) is 32.4 Å². The van der Waals surface area contributed by atoms with E-state index in [1.165, 1.54) is 11.6 Å². The average molecular weight is 463 g/mol. The third-order valence-electron chi connectivity index (χ3n) is 6.40. The maximum atomic E-state index is 14.0. The fraction of sp³-hybridized carbons (Fsp3) is 0.321. The fourth-order valence-electron chi connectivity index (χ4n) is 4.66. The van der Waals surface area contributed by atoms with Gasteiger partial charge in [0.25, 0.3) is 0 Å². The zero-order chi connectivity index (χ0) is 23.9. The summed E-state index contributed by atoms with van der Waals surface area (Å²) in [5.74, 6) is 1.17. The largest absolute Gasteiger partial charge is 0.497 e. The number of piperidine rings is 1. The Morgan fingerprint density at radius 3 is 2.32 bits per heavy atom. The van der Waals surface area contributed by atoms with Crippen LogP contribution in [0.1, 0.15) is 29.0 Å². The van der Waals surface area contributed by atoms with Crippen molar-refractivity contribution in [3.05, 3.63) is 95.3 Å². The smallest absolute Gasteiger partial charge is 0.224 e. The fourth-order valence-corrected chi connectivity index (χ4v) is 4.66. The molecule has 0 spiro atoms. The van der Waals surface area contributed by atoms with Crippen molar-refractivity contribution < 1.29 is 18.7 Å². The summed E-state index contributed by atoms with van der Waals surface area (Å²) in [5.41, 5.74) is 2.78. The Morgan fingerprint density at radius 2 is 1.65 bits per heavy atom. The van der Waals surface area contributed by atoms with E-state index in [2.05, 4.69) is 22.3 Å². The van der Waals surface area contributed by atoms with Gasteiger partial charge in [0, 0.05) is 37.8 Å². The highest BCUT2D eigenvalue weighted by molar-refractivity contribution is 5.79. The lowest BCUT2D eigenvalue weighted by atomic mass is 9.84. The first-order valence-electron chi connectivity index (χ1n) is 11.6. The maximum Gasteiger partial charge on any atom is 0.224 e. The van der Waals surface area contributed by atoms with Gasteiger partial charge in [-0.1, -0.05) is 48.5 Å². The molecule has 6 heteroatoms. The standard InChI is InChI=1S/C28H31FN2O3/c1-33-25-12-20(13-26(15-25)34-2)17-31-18-23(21-8-4-3-5-9-21)14-24(19-31)28(32)30-16-22-10-6-7-11-27(22)29/h3-13,15,23-24H,14,16-19H2,1-2H3,(H,30,32). The molecule has 0 saturated carbocycles. The van der Waals surface area contributed by atoms with Crippen LogP contribution in [0.5, 0.6) is 11.5 Å². The molecule has 0 aromatic heterocycles. The van der Waals surface area contributed by atoms with Crippen molar-refractivity contribution >= 4 is 5.91 Å². The van der Waals surface area contributed by atoms with E-state index >= 15 is 0 Å². The number of rotatable bonds is 8. The molecule has 1 heterocycles. The number of halogens is 1. The number of benzene rings is 3. The minimum Gasteiger partial charge on any atom is -0.497 e. The highest BCUT2D eigenvalue weighted by atomic mass is 19.1. The highest BCUT2D eigenvalue weighted by Crippen LogP contribution is 2.32. The first-order chi connectivity index (χ1) is 16.6. The molecule has 0 radical (unpaired) electrons. The second kappa shape index (κ2) is 11.2. The highest BCUT2D eigenvalue weighted by Gasteiger charge is 2.32. The Bertz CT molecular complexity index is 1080. The lowest BCUT2D eigenvalue weighted by molar-refractivity contribution is -0.127. The zero-order valence-corrected chi connectivity index (χ0v) is 19.7. The van der Waals surface area contributed by atoms with Crippen molar-refractivity contribution in [2.45, 2.75) is 25.4 Å². The lowest BCUT2D eigenvalue weighted by Crippen LogP contribution is -2.45. The topological polar surface area (TPSA) is 50.8 Å². The summed E-state index contributed by atoms with van der Waals surface area (Å²) in [6.07, 6.45) is 0.755. The number of amides is 1. The number of methoxy groups -OCH3 is 2. The van der Waals surface area contributed by atoms with Crippen LogP contribution in [0.15, 0.2) is 72.8 Å². The van der Waals surface area contributed by atoms with Gasteiger partial charge in [0.2, 0.25) is 5.91 Å². The molecule has 3 aromatic carbocycles. The number of ether oxygens (including phenoxy) is 2. The minimum absolute atomic E-state index is 0.0443. The summed E-state index contributed by atoms with van der Waals surface area (Å²) in [4.78, 5) is 15.5. The Hall–Kier alpha value is -3.38.